The third kappa shape index (κ3) is 1.78. The lowest BCUT2D eigenvalue weighted by Gasteiger charge is -2.13. The van der Waals surface area contributed by atoms with E-state index in [0.717, 1.165) is 0 Å². The number of aliphatic hydroxyl groups excluding tert-OH is 2. The first kappa shape index (κ1) is 8.23. The summed E-state index contributed by atoms with van der Waals surface area (Å²) in [7, 11) is 0. The predicted molar refractivity (Wildman–Crippen MR) is 39.8 cm³/mol. The van der Waals surface area contributed by atoms with Crippen molar-refractivity contribution in [3.63, 3.8) is 0 Å². The topological polar surface area (TPSA) is 69.1 Å². The molecule has 1 heterocycles. The van der Waals surface area contributed by atoms with Gasteiger partial charge in [-0.1, -0.05) is 6.92 Å². The largest absolute Gasteiger partial charge is 0.390 e. The van der Waals surface area contributed by atoms with E-state index in [4.69, 9.17) is 0 Å². The second kappa shape index (κ2) is 3.50. The molecule has 0 fully saturated rings. The molecule has 0 bridgehead atoms. The van der Waals surface area contributed by atoms with E-state index < -0.39 is 12.2 Å². The fourth-order valence-corrected chi connectivity index (χ4v) is 0.868. The van der Waals surface area contributed by atoms with Crippen LogP contribution in [0.3, 0.4) is 0 Å². The zero-order valence-electron chi connectivity index (χ0n) is 6.36. The van der Waals surface area contributed by atoms with Crippen LogP contribution in [-0.4, -0.2) is 26.5 Å². The van der Waals surface area contributed by atoms with E-state index in [1.807, 2.05) is 6.92 Å². The monoisotopic (exact) mass is 156 g/mol. The Morgan fingerprint density at radius 3 is 2.82 bits per heavy atom. The summed E-state index contributed by atoms with van der Waals surface area (Å²) in [4.78, 5) is 0. The summed E-state index contributed by atoms with van der Waals surface area (Å²) in [5.74, 6) is 0. The predicted octanol–water partition coefficient (Wildman–Crippen LogP) is 0.214. The highest BCUT2D eigenvalue weighted by molar-refractivity contribution is 5.08. The SMILES string of the molecule is CC[C@H](O)[C@H](O)c1cn[nH]c1. The number of H-pyrrole nitrogens is 1. The fraction of sp³-hybridized carbons (Fsp3) is 0.571. The average molecular weight is 156 g/mol. The highest BCUT2D eigenvalue weighted by atomic mass is 16.3. The van der Waals surface area contributed by atoms with Gasteiger partial charge < -0.3 is 10.2 Å². The molecule has 4 heteroatoms. The van der Waals surface area contributed by atoms with Crippen molar-refractivity contribution in [3.05, 3.63) is 18.0 Å². The number of nitrogens with one attached hydrogen (secondary N) is 1. The highest BCUT2D eigenvalue weighted by Crippen LogP contribution is 2.16. The van der Waals surface area contributed by atoms with Crippen molar-refractivity contribution < 1.29 is 10.2 Å². The van der Waals surface area contributed by atoms with Gasteiger partial charge >= 0.3 is 0 Å². The Labute approximate surface area is 64.9 Å². The lowest BCUT2D eigenvalue weighted by Crippen LogP contribution is -2.16. The molecule has 1 aromatic rings. The molecular weight excluding hydrogens is 144 g/mol. The molecule has 2 atom stereocenters. The number of aromatic amines is 1. The van der Waals surface area contributed by atoms with Gasteiger partial charge in [-0.2, -0.15) is 5.10 Å². The number of hydrogen-bond acceptors (Lipinski definition) is 3. The van der Waals surface area contributed by atoms with Crippen LogP contribution in [0.2, 0.25) is 0 Å². The number of rotatable bonds is 3. The van der Waals surface area contributed by atoms with Crippen molar-refractivity contribution in [1.29, 1.82) is 0 Å². The highest BCUT2D eigenvalue weighted by Gasteiger charge is 2.16. The molecule has 1 rings (SSSR count). The van der Waals surface area contributed by atoms with Gasteiger partial charge in [0.05, 0.1) is 12.3 Å². The standard InChI is InChI=1S/C7H12N2O2/c1-2-6(10)7(11)5-3-8-9-4-5/h3-4,6-7,10-11H,2H2,1H3,(H,8,9)/t6-,7+/m0/s1. The Morgan fingerprint density at radius 1 is 1.64 bits per heavy atom. The third-order valence-electron chi connectivity index (χ3n) is 1.64. The summed E-state index contributed by atoms with van der Waals surface area (Å²) in [6.45, 7) is 1.81. The van der Waals surface area contributed by atoms with Gasteiger partial charge in [0.25, 0.3) is 0 Å². The van der Waals surface area contributed by atoms with Crippen molar-refractivity contribution in [2.45, 2.75) is 25.6 Å². The van der Waals surface area contributed by atoms with Gasteiger partial charge in [0.1, 0.15) is 6.10 Å². The molecule has 0 unspecified atom stereocenters. The quantitative estimate of drug-likeness (QED) is 0.586. The van der Waals surface area contributed by atoms with Gasteiger partial charge in [0, 0.05) is 11.8 Å². The van der Waals surface area contributed by atoms with Crippen LogP contribution in [0, 0.1) is 0 Å². The van der Waals surface area contributed by atoms with Crippen LogP contribution < -0.4 is 0 Å². The molecule has 0 saturated heterocycles. The number of aliphatic hydroxyl groups is 2. The molecular formula is C7H12N2O2. The zero-order chi connectivity index (χ0) is 8.27. The molecule has 1 aromatic heterocycles. The van der Waals surface area contributed by atoms with Crippen LogP contribution in [0.15, 0.2) is 12.4 Å². The van der Waals surface area contributed by atoms with Crippen molar-refractivity contribution in [3.8, 4) is 0 Å². The van der Waals surface area contributed by atoms with E-state index in [1.165, 1.54) is 6.20 Å². The maximum atomic E-state index is 9.37. The van der Waals surface area contributed by atoms with Crippen molar-refractivity contribution in [2.24, 2.45) is 0 Å². The Morgan fingerprint density at radius 2 is 2.36 bits per heavy atom. The van der Waals surface area contributed by atoms with E-state index in [9.17, 15) is 10.2 Å². The zero-order valence-corrected chi connectivity index (χ0v) is 6.36. The first-order valence-corrected chi connectivity index (χ1v) is 3.60. The second-order valence-corrected chi connectivity index (χ2v) is 2.45. The van der Waals surface area contributed by atoms with Gasteiger partial charge in [-0.15, -0.1) is 0 Å². The van der Waals surface area contributed by atoms with Crippen LogP contribution in [0.1, 0.15) is 25.0 Å². The van der Waals surface area contributed by atoms with Gasteiger partial charge in [0.2, 0.25) is 0 Å². The smallest absolute Gasteiger partial charge is 0.108 e. The van der Waals surface area contributed by atoms with Crippen LogP contribution in [0.25, 0.3) is 0 Å². The molecule has 62 valence electrons. The fourth-order valence-electron chi connectivity index (χ4n) is 0.868. The van der Waals surface area contributed by atoms with Crippen LogP contribution in [0.5, 0.6) is 0 Å². The van der Waals surface area contributed by atoms with Crippen LogP contribution in [-0.2, 0) is 0 Å². The maximum Gasteiger partial charge on any atom is 0.108 e. The van der Waals surface area contributed by atoms with E-state index in [0.29, 0.717) is 12.0 Å². The number of hydrogen-bond donors (Lipinski definition) is 3. The summed E-state index contributed by atoms with van der Waals surface area (Å²) >= 11 is 0. The number of aromatic nitrogens is 2. The summed E-state index contributed by atoms with van der Waals surface area (Å²) in [6, 6.07) is 0. The van der Waals surface area contributed by atoms with Gasteiger partial charge in [-0.05, 0) is 6.42 Å². The van der Waals surface area contributed by atoms with Crippen molar-refractivity contribution in [2.75, 3.05) is 0 Å². The lowest BCUT2D eigenvalue weighted by molar-refractivity contribution is 0.0165. The molecule has 11 heavy (non-hydrogen) atoms. The van der Waals surface area contributed by atoms with E-state index in [2.05, 4.69) is 10.2 Å². The molecule has 4 nitrogen and oxygen atoms in total. The first-order chi connectivity index (χ1) is 5.25. The Hall–Kier alpha value is -0.870. The molecule has 0 aliphatic rings. The minimum Gasteiger partial charge on any atom is -0.390 e. The molecule has 0 spiro atoms. The normalized spacial score (nSPS) is 16.3. The molecule has 0 saturated carbocycles. The van der Waals surface area contributed by atoms with E-state index >= 15 is 0 Å². The molecule has 0 aromatic carbocycles. The van der Waals surface area contributed by atoms with E-state index in [1.54, 1.807) is 6.20 Å². The first-order valence-electron chi connectivity index (χ1n) is 3.60. The molecule has 0 aliphatic carbocycles. The third-order valence-corrected chi connectivity index (χ3v) is 1.64. The Bertz CT molecular complexity index is 198. The summed E-state index contributed by atoms with van der Waals surface area (Å²) in [5.41, 5.74) is 0.624. The second-order valence-electron chi connectivity index (χ2n) is 2.45. The van der Waals surface area contributed by atoms with Crippen LogP contribution >= 0.6 is 0 Å². The Balaban J connectivity index is 2.62. The summed E-state index contributed by atoms with van der Waals surface area (Å²) in [5, 5.41) is 24.8. The molecule has 0 radical (unpaired) electrons. The minimum absolute atomic E-state index is 0.534. The molecule has 0 aliphatic heterocycles. The molecule has 3 N–H and O–H groups in total. The van der Waals surface area contributed by atoms with Gasteiger partial charge in [-0.3, -0.25) is 5.10 Å². The van der Waals surface area contributed by atoms with E-state index in [-0.39, 0.29) is 0 Å². The van der Waals surface area contributed by atoms with Gasteiger partial charge in [-0.25, -0.2) is 0 Å². The van der Waals surface area contributed by atoms with Gasteiger partial charge in [0.15, 0.2) is 0 Å². The van der Waals surface area contributed by atoms with Crippen LogP contribution in [0.4, 0.5) is 0 Å². The lowest BCUT2D eigenvalue weighted by atomic mass is 10.1. The number of nitrogens with zero attached hydrogens (tertiary/aromatic N) is 1. The average Bonchev–Trinajstić information content (AvgIpc) is 2.53. The molecule has 0 amide bonds. The van der Waals surface area contributed by atoms with Crippen molar-refractivity contribution in [1.82, 2.24) is 10.2 Å². The summed E-state index contributed by atoms with van der Waals surface area (Å²) in [6.07, 6.45) is 2.09. The minimum atomic E-state index is -0.821. The Kier molecular flexibility index (Phi) is 2.62. The summed E-state index contributed by atoms with van der Waals surface area (Å²) < 4.78 is 0. The van der Waals surface area contributed by atoms with Crippen molar-refractivity contribution >= 4 is 0 Å². The maximum absolute atomic E-state index is 9.37.